The van der Waals surface area contributed by atoms with Crippen molar-refractivity contribution >= 4 is 32.2 Å². The molecule has 0 aliphatic carbocycles. The van der Waals surface area contributed by atoms with Crippen LogP contribution in [0.4, 0.5) is 9.18 Å². The van der Waals surface area contributed by atoms with E-state index in [4.69, 9.17) is 9.47 Å². The van der Waals surface area contributed by atoms with E-state index in [0.717, 1.165) is 25.2 Å². The number of hydrogen-bond donors (Lipinski definition) is 0. The van der Waals surface area contributed by atoms with Gasteiger partial charge in [0, 0.05) is 24.9 Å². The number of imidazole rings is 1. The summed E-state index contributed by atoms with van der Waals surface area (Å²) in [7, 11) is -3.49. The van der Waals surface area contributed by atoms with Gasteiger partial charge in [-0.3, -0.25) is 0 Å². The molecule has 4 rings (SSSR count). The molecule has 3 aromatic rings. The van der Waals surface area contributed by atoms with Crippen LogP contribution in [0.5, 0.6) is 5.19 Å². The molecular formula is C21H25FN4O5S2. The zero-order valence-electron chi connectivity index (χ0n) is 18.5. The van der Waals surface area contributed by atoms with Crippen molar-refractivity contribution < 1.29 is 27.1 Å². The van der Waals surface area contributed by atoms with Gasteiger partial charge in [-0.05, 0) is 62.1 Å². The monoisotopic (exact) mass is 496 g/mol. The highest BCUT2D eigenvalue weighted by Gasteiger charge is 2.28. The van der Waals surface area contributed by atoms with E-state index in [2.05, 4.69) is 10.1 Å². The molecule has 9 nitrogen and oxygen atoms in total. The standard InChI is InChI=1S/C21H25FN4O5S2/c1-4-30-21(27)25-9-7-14(8-10-25)13(2)31-20-24-26-12-18(23-19(26)32-20)16-6-5-15(11-17(16)22)33(3,28)29/h5-6,11-14H,4,7-10H2,1-3H3/t13-/m0/s1. The summed E-state index contributed by atoms with van der Waals surface area (Å²) < 4.78 is 50.3. The van der Waals surface area contributed by atoms with E-state index < -0.39 is 15.7 Å². The number of carbonyl (C=O) groups excluding carboxylic acids is 1. The van der Waals surface area contributed by atoms with E-state index in [9.17, 15) is 17.6 Å². The molecule has 1 amide bonds. The minimum atomic E-state index is -3.49. The number of halogens is 1. The number of hydrogen-bond acceptors (Lipinski definition) is 8. The summed E-state index contributed by atoms with van der Waals surface area (Å²) in [5, 5.41) is 4.85. The zero-order chi connectivity index (χ0) is 23.8. The van der Waals surface area contributed by atoms with Gasteiger partial charge in [-0.2, -0.15) is 0 Å². The van der Waals surface area contributed by atoms with Crippen LogP contribution in [0.3, 0.4) is 0 Å². The van der Waals surface area contributed by atoms with Crippen molar-refractivity contribution in [3.05, 3.63) is 30.2 Å². The van der Waals surface area contributed by atoms with Crippen molar-refractivity contribution in [1.29, 1.82) is 0 Å². The molecule has 0 spiro atoms. The van der Waals surface area contributed by atoms with Gasteiger partial charge in [0.2, 0.25) is 4.96 Å². The second-order valence-electron chi connectivity index (χ2n) is 7.98. The highest BCUT2D eigenvalue weighted by molar-refractivity contribution is 7.90. The number of aromatic nitrogens is 3. The van der Waals surface area contributed by atoms with Gasteiger partial charge in [0.15, 0.2) is 9.84 Å². The van der Waals surface area contributed by atoms with Gasteiger partial charge in [0.05, 0.1) is 23.4 Å². The molecule has 178 valence electrons. The normalized spacial score (nSPS) is 16.2. The Morgan fingerprint density at radius 3 is 2.67 bits per heavy atom. The Labute approximate surface area is 195 Å². The minimum absolute atomic E-state index is 0.0827. The largest absolute Gasteiger partial charge is 0.466 e. The lowest BCUT2D eigenvalue weighted by Gasteiger charge is -2.33. The highest BCUT2D eigenvalue weighted by Crippen LogP contribution is 2.30. The molecule has 0 bridgehead atoms. The maximum atomic E-state index is 14.5. The van der Waals surface area contributed by atoms with E-state index in [1.807, 2.05) is 6.92 Å². The van der Waals surface area contributed by atoms with Crippen LogP contribution in [0.25, 0.3) is 16.2 Å². The molecule has 0 radical (unpaired) electrons. The number of benzene rings is 1. The maximum absolute atomic E-state index is 14.5. The van der Waals surface area contributed by atoms with Crippen LogP contribution < -0.4 is 4.74 Å². The molecule has 0 saturated carbocycles. The zero-order valence-corrected chi connectivity index (χ0v) is 20.2. The number of fused-ring (bicyclic) bond motifs is 1. The molecule has 1 aromatic carbocycles. The first-order valence-corrected chi connectivity index (χ1v) is 13.3. The number of likely N-dealkylation sites (tertiary alicyclic amines) is 1. The van der Waals surface area contributed by atoms with Gasteiger partial charge in [-0.1, -0.05) is 0 Å². The molecule has 1 fully saturated rings. The number of amides is 1. The van der Waals surface area contributed by atoms with Crippen LogP contribution in [0.15, 0.2) is 29.3 Å². The predicted molar refractivity (Wildman–Crippen MR) is 121 cm³/mol. The molecule has 1 aliphatic heterocycles. The quantitative estimate of drug-likeness (QED) is 0.513. The third-order valence-corrected chi connectivity index (χ3v) is 7.61. The highest BCUT2D eigenvalue weighted by atomic mass is 32.2. The van der Waals surface area contributed by atoms with Crippen molar-refractivity contribution in [2.24, 2.45) is 5.92 Å². The average Bonchev–Trinajstić information content (AvgIpc) is 3.31. The van der Waals surface area contributed by atoms with Crippen LogP contribution in [0.1, 0.15) is 26.7 Å². The molecule has 0 unspecified atom stereocenters. The first kappa shape index (κ1) is 23.4. The van der Waals surface area contributed by atoms with Crippen LogP contribution in [-0.2, 0) is 14.6 Å². The molecular weight excluding hydrogens is 471 g/mol. The maximum Gasteiger partial charge on any atom is 0.409 e. The molecule has 1 saturated heterocycles. The fourth-order valence-electron chi connectivity index (χ4n) is 3.81. The second-order valence-corrected chi connectivity index (χ2v) is 10.9. The van der Waals surface area contributed by atoms with E-state index in [1.165, 1.54) is 28.0 Å². The van der Waals surface area contributed by atoms with E-state index in [-0.39, 0.29) is 28.6 Å². The minimum Gasteiger partial charge on any atom is -0.466 e. The lowest BCUT2D eigenvalue weighted by molar-refractivity contribution is 0.0656. The fourth-order valence-corrected chi connectivity index (χ4v) is 5.26. The molecule has 1 aliphatic rings. The van der Waals surface area contributed by atoms with Gasteiger partial charge in [-0.15, -0.1) is 5.10 Å². The molecule has 12 heteroatoms. The molecule has 33 heavy (non-hydrogen) atoms. The summed E-state index contributed by atoms with van der Waals surface area (Å²) in [4.78, 5) is 18.4. The SMILES string of the molecule is CCOC(=O)N1CCC([C@H](C)Oc2nn3cc(-c4ccc(S(C)(=O)=O)cc4F)nc3s2)CC1. The summed E-state index contributed by atoms with van der Waals surface area (Å²) in [5.74, 6) is -0.382. The lowest BCUT2D eigenvalue weighted by atomic mass is 9.92. The Hall–Kier alpha value is -2.73. The third kappa shape index (κ3) is 5.11. The van der Waals surface area contributed by atoms with E-state index in [1.54, 1.807) is 18.0 Å². The Bertz CT molecular complexity index is 1230. The van der Waals surface area contributed by atoms with Crippen molar-refractivity contribution in [2.45, 2.75) is 37.7 Å². The van der Waals surface area contributed by atoms with Crippen molar-refractivity contribution in [3.8, 4) is 16.5 Å². The Balaban J connectivity index is 1.41. The first-order chi connectivity index (χ1) is 15.7. The van der Waals surface area contributed by atoms with Gasteiger partial charge in [0.25, 0.3) is 5.19 Å². The topological polar surface area (TPSA) is 103 Å². The third-order valence-electron chi connectivity index (χ3n) is 5.69. The fraction of sp³-hybridized carbons (Fsp3) is 0.476. The molecule has 3 heterocycles. The average molecular weight is 497 g/mol. The Morgan fingerprint density at radius 2 is 2.06 bits per heavy atom. The predicted octanol–water partition coefficient (Wildman–Crippen LogP) is 3.64. The van der Waals surface area contributed by atoms with Crippen molar-refractivity contribution in [2.75, 3.05) is 26.0 Å². The number of carbonyl (C=O) groups is 1. The Morgan fingerprint density at radius 1 is 1.33 bits per heavy atom. The number of ether oxygens (including phenoxy) is 2. The van der Waals surface area contributed by atoms with Crippen LogP contribution in [0.2, 0.25) is 0 Å². The van der Waals surface area contributed by atoms with Crippen molar-refractivity contribution in [3.63, 3.8) is 0 Å². The smallest absolute Gasteiger partial charge is 0.409 e. The summed E-state index contributed by atoms with van der Waals surface area (Å²) in [6, 6.07) is 3.76. The van der Waals surface area contributed by atoms with Crippen LogP contribution in [-0.4, -0.2) is 66.1 Å². The van der Waals surface area contributed by atoms with Gasteiger partial charge in [0.1, 0.15) is 11.9 Å². The number of nitrogens with zero attached hydrogens (tertiary/aromatic N) is 4. The molecule has 1 atom stereocenters. The lowest BCUT2D eigenvalue weighted by Crippen LogP contribution is -2.42. The summed E-state index contributed by atoms with van der Waals surface area (Å²) in [6.45, 7) is 5.40. The number of rotatable bonds is 6. The van der Waals surface area contributed by atoms with Crippen LogP contribution in [0, 0.1) is 11.7 Å². The van der Waals surface area contributed by atoms with Crippen LogP contribution >= 0.6 is 11.3 Å². The molecule has 2 aromatic heterocycles. The van der Waals surface area contributed by atoms with E-state index >= 15 is 0 Å². The van der Waals surface area contributed by atoms with Gasteiger partial charge in [-0.25, -0.2) is 27.1 Å². The van der Waals surface area contributed by atoms with Gasteiger partial charge < -0.3 is 14.4 Å². The summed E-state index contributed by atoms with van der Waals surface area (Å²) in [5.41, 5.74) is 0.557. The first-order valence-electron chi connectivity index (χ1n) is 10.6. The second kappa shape index (κ2) is 9.26. The van der Waals surface area contributed by atoms with Crippen molar-refractivity contribution in [1.82, 2.24) is 19.5 Å². The molecule has 0 N–H and O–H groups in total. The summed E-state index contributed by atoms with van der Waals surface area (Å²) in [6.07, 6.45) is 3.88. The van der Waals surface area contributed by atoms with Gasteiger partial charge >= 0.3 is 6.09 Å². The Kier molecular flexibility index (Phi) is 6.57. The van der Waals surface area contributed by atoms with E-state index in [0.29, 0.717) is 35.5 Å². The number of piperidine rings is 1. The summed E-state index contributed by atoms with van der Waals surface area (Å²) >= 11 is 1.25. The number of sulfone groups is 1.